The second-order valence-corrected chi connectivity index (χ2v) is 58.3. The third-order valence-electron chi connectivity index (χ3n) is 18.7. The molecule has 11 aromatic carbocycles. The number of hydrogen-bond acceptors (Lipinski definition) is 20. The summed E-state index contributed by atoms with van der Waals surface area (Å²) in [4.78, 5) is 112. The number of nitrogens with two attached hydrogens (primary N) is 3. The van der Waals surface area contributed by atoms with Crippen molar-refractivity contribution in [2.75, 3.05) is 26.2 Å². The van der Waals surface area contributed by atoms with Gasteiger partial charge in [0.05, 0.1) is 26.2 Å². The van der Waals surface area contributed by atoms with Gasteiger partial charge in [-0.3, -0.25) is 9.59 Å². The first-order valence-electron chi connectivity index (χ1n) is 42.4. The number of fused-ring (bicyclic) bond motifs is 3. The SMILES string of the molecule is CC(Br)C(=O)Oc1ccc2ccccc2c1[NH3+].CC(C)(C)OC(=O)[NH2+]c1ccc(OC(=O)C(Br)(Br)Br)cc1.CC(C)(C)OC=O.O=C(Oc1ccc(C2CC[NH2+]CC2)cc1)C(Br)Br.O=C(Oc1ccc(C2CC[NH2+]CC2)cc1)C(Br)Br.[NH3+]c1cc(OC(=O)C(Br)Br)cc2ccccc12.[NH3+]c1ccc(OC(=O)C(Br)Br)c2ccccc12.[NH3+]c1cccc(OC(=O)C(Br)Br)c1.[NH3+]c1ccccc1OC(=O)C(Br)Br. The van der Waals surface area contributed by atoms with Crippen molar-refractivity contribution in [1.29, 1.82) is 0 Å². The Bertz CT molecular complexity index is 5830. The minimum absolute atomic E-state index is 0.315. The molecule has 2 saturated heterocycles. The lowest BCUT2D eigenvalue weighted by Crippen LogP contribution is -2.86. The summed E-state index contributed by atoms with van der Waals surface area (Å²) in [5.74, 6) is 2.31. The highest BCUT2D eigenvalue weighted by atomic mass is 80.0. The zero-order chi connectivity index (χ0) is 105. The van der Waals surface area contributed by atoms with Crippen LogP contribution in [0.3, 0.4) is 0 Å². The largest absolute Gasteiger partial charge is 0.518 e. The molecule has 21 N–H and O–H groups in total. The molecule has 0 aliphatic carbocycles. The number of carbonyl (C=O) groups excluding carboxylic acids is 10. The number of para-hydroxylation sites is 1. The van der Waals surface area contributed by atoms with Gasteiger partial charge in [-0.2, -0.15) is 4.79 Å². The molecule has 1 amide bonds. The smallest absolute Gasteiger partial charge is 0.462 e. The molecule has 758 valence electrons. The van der Waals surface area contributed by atoms with E-state index in [1.807, 2.05) is 148 Å². The number of quaternary nitrogens is 8. The lowest BCUT2D eigenvalue weighted by molar-refractivity contribution is -0.663. The fraction of sp³-hybridized carbons (Fsp3) is 0.278. The number of rotatable bonds is 19. The first-order chi connectivity index (χ1) is 66.3. The zero-order valence-electron chi connectivity index (χ0n) is 76.8. The van der Waals surface area contributed by atoms with E-state index in [0.717, 1.165) is 55.1 Å². The van der Waals surface area contributed by atoms with Crippen LogP contribution in [0.25, 0.3) is 32.3 Å². The number of esters is 8. The number of amides is 1. The van der Waals surface area contributed by atoms with Crippen LogP contribution in [-0.2, 0) is 52.6 Å². The van der Waals surface area contributed by atoms with Crippen LogP contribution in [0.4, 0.5) is 38.9 Å². The van der Waals surface area contributed by atoms with Crippen LogP contribution in [-0.4, -0.2) is 127 Å². The highest BCUT2D eigenvalue weighted by Gasteiger charge is 2.32. The number of piperidine rings is 2. The van der Waals surface area contributed by atoms with Crippen molar-refractivity contribution in [3.8, 4) is 46.0 Å². The fourth-order valence-corrected chi connectivity index (χ4v) is 13.6. The lowest BCUT2D eigenvalue weighted by Gasteiger charge is -2.20. The number of hydrogen-bond donors (Lipinski definition) is 8. The Morgan fingerprint density at radius 1 is 0.355 bits per heavy atom. The quantitative estimate of drug-likeness (QED) is 0.0122. The van der Waals surface area contributed by atoms with Gasteiger partial charge in [0.25, 0.3) is 6.47 Å². The van der Waals surface area contributed by atoms with Gasteiger partial charge in [0, 0.05) is 83.6 Å². The molecule has 13 rings (SSSR count). The van der Waals surface area contributed by atoms with E-state index in [-0.39, 0.29) is 46.2 Å². The topological polar surface area (TPSA) is 451 Å². The van der Waals surface area contributed by atoms with E-state index >= 15 is 0 Å². The molecule has 141 heavy (non-hydrogen) atoms. The van der Waals surface area contributed by atoms with Crippen LogP contribution in [0.2, 0.25) is 0 Å². The van der Waals surface area contributed by atoms with Crippen molar-refractivity contribution in [2.45, 2.75) is 127 Å². The molecule has 0 bridgehead atoms. The third-order valence-corrected chi connectivity index (χ3v) is 24.5. The Morgan fingerprint density at radius 2 is 0.752 bits per heavy atom. The zero-order valence-corrected chi connectivity index (χ0v) is 102. The highest BCUT2D eigenvalue weighted by Crippen LogP contribution is 2.37. The van der Waals surface area contributed by atoms with E-state index in [4.69, 9.17) is 42.6 Å². The van der Waals surface area contributed by atoms with Crippen molar-refractivity contribution in [3.63, 3.8) is 0 Å². The van der Waals surface area contributed by atoms with Gasteiger partial charge in [0.1, 0.15) is 73.3 Å². The molecule has 2 aliphatic heterocycles. The molecule has 2 fully saturated rings. The van der Waals surface area contributed by atoms with Gasteiger partial charge in [-0.25, -0.2) is 38.9 Å². The van der Waals surface area contributed by atoms with Gasteiger partial charge < -0.3 is 86.7 Å². The average Bonchev–Trinajstić information content (AvgIpc) is 0.805. The summed E-state index contributed by atoms with van der Waals surface area (Å²) in [5.41, 5.74) is 25.8. The van der Waals surface area contributed by atoms with Crippen molar-refractivity contribution in [2.24, 2.45) is 0 Å². The van der Waals surface area contributed by atoms with Crippen molar-refractivity contribution in [1.82, 2.24) is 0 Å². The van der Waals surface area contributed by atoms with E-state index in [0.29, 0.717) is 75.7 Å². The summed E-state index contributed by atoms with van der Waals surface area (Å²) in [7, 11) is 0. The minimum Gasteiger partial charge on any atom is -0.462 e. The van der Waals surface area contributed by atoms with Crippen molar-refractivity contribution >= 4 is 382 Å². The predicted octanol–water partition coefficient (Wildman–Crippen LogP) is 19.8. The summed E-state index contributed by atoms with van der Waals surface area (Å²) in [6.07, 6.45) is 4.48. The molecule has 0 saturated carbocycles. The second kappa shape index (κ2) is 64.5. The molecule has 11 aromatic rings. The van der Waals surface area contributed by atoms with Gasteiger partial charge in [-0.05, 0) is 221 Å². The number of halogens is 16. The summed E-state index contributed by atoms with van der Waals surface area (Å²) < 4.78 is 46.9. The molecule has 44 heteroatoms. The van der Waals surface area contributed by atoms with Crippen LogP contribution >= 0.6 is 255 Å². The van der Waals surface area contributed by atoms with E-state index in [2.05, 4.69) is 323 Å². The Morgan fingerprint density at radius 3 is 1.19 bits per heavy atom. The Balaban J connectivity index is 0.000000282. The van der Waals surface area contributed by atoms with E-state index in [9.17, 15) is 47.9 Å². The number of alkyl halides is 16. The summed E-state index contributed by atoms with van der Waals surface area (Å²) >= 11 is 49.4. The number of benzene rings is 11. The first kappa shape index (κ1) is 126. The molecule has 0 spiro atoms. The van der Waals surface area contributed by atoms with Crippen LogP contribution in [0.1, 0.15) is 97.1 Å². The Kier molecular flexibility index (Phi) is 57.5. The maximum atomic E-state index is 11.6. The van der Waals surface area contributed by atoms with Crippen molar-refractivity contribution < 1.29 is 140 Å². The number of ether oxygens (including phenoxy) is 10. The third kappa shape index (κ3) is 48.9. The van der Waals surface area contributed by atoms with E-state index in [1.54, 1.807) is 107 Å². The average molecular weight is 2980 g/mol. The number of carbonyl (C=O) groups is 10. The molecular formula is C97H106Br16N8O20+8. The van der Waals surface area contributed by atoms with E-state index in [1.165, 1.54) is 68.3 Å². The van der Waals surface area contributed by atoms with Crippen LogP contribution < -0.4 is 82.5 Å². The molecule has 2 heterocycles. The monoisotopic (exact) mass is 2970 g/mol. The summed E-state index contributed by atoms with van der Waals surface area (Å²) in [5, 5.41) is 12.1. The Hall–Kier alpha value is -5.74. The Labute approximate surface area is 950 Å². The predicted molar refractivity (Wildman–Crippen MR) is 602 cm³/mol. The van der Waals surface area contributed by atoms with Crippen molar-refractivity contribution in [3.05, 3.63) is 242 Å². The van der Waals surface area contributed by atoms with Crippen LogP contribution in [0.15, 0.2) is 231 Å². The standard InChI is InChI=1S/C13H14Br3NO4.2C13H15Br2NO2.C13H12BrNO2.2C12H9Br2NO2.2C8H7Br2NO2.C5H10O2/c1-12(2,3)21-11(19)17-8-4-6-9(7-5-8)20-10(18)13(14,15)16;2*14-12(15)13(17)18-11-3-1-9(2-4-11)10-5-7-16-8-6-10;1-8(14)13(16)17-11-7-6-9-4-2-3-5-10(9)12(11)15;13-11(14)12(16)17-8-5-7-3-1-2-4-9(7)10(15)6-8;13-11(14)12(16)17-10-6-5-9(15)7-3-1-2-4-8(7)10;9-7(10)8(12)13-6-3-1-2-5(11)4-6;9-7(10)8(12)13-6-4-2-1-3-5(6)11;1-5(2,3)7-4-6/h4-7H,1-3H3,(H,17,19);2*1-4,10,12,16H,5-8H2;2-8H,15H2,1H3;2*1-6,11H,15H2;2*1-4,7H,11H2;4H,1-3H3/p+8. The normalized spacial score (nSPS) is 12.6. The van der Waals surface area contributed by atoms with Gasteiger partial charge in [0.15, 0.2) is 45.3 Å². The second-order valence-electron chi connectivity index (χ2n) is 31.8. The molecular weight excluding hydrogens is 2880 g/mol. The molecule has 0 aromatic heterocycles. The first-order valence-corrected chi connectivity index (χ1v) is 56.7. The van der Waals surface area contributed by atoms with Crippen LogP contribution in [0.5, 0.6) is 46.0 Å². The number of primary amides is 1. The maximum absolute atomic E-state index is 11.6. The molecule has 1 unspecified atom stereocenters. The maximum Gasteiger partial charge on any atom is 0.518 e. The van der Waals surface area contributed by atoms with E-state index < -0.39 is 48.2 Å². The van der Waals surface area contributed by atoms with Gasteiger partial charge in [0.2, 0.25) is 2.14 Å². The molecule has 1 atom stereocenters. The summed E-state index contributed by atoms with van der Waals surface area (Å²) in [6, 6.07) is 70.6. The molecule has 0 radical (unpaired) electrons. The molecule has 28 nitrogen and oxygen atoms in total. The van der Waals surface area contributed by atoms with Gasteiger partial charge in [-0.1, -0.05) is 310 Å². The summed E-state index contributed by atoms with van der Waals surface area (Å²) in [6.45, 7) is 17.9. The van der Waals surface area contributed by atoms with Gasteiger partial charge in [-0.15, -0.1) is 0 Å². The van der Waals surface area contributed by atoms with Gasteiger partial charge >= 0.3 is 53.8 Å². The highest BCUT2D eigenvalue weighted by molar-refractivity contribution is 9.40. The lowest BCUT2D eigenvalue weighted by atomic mass is 9.90. The molecule has 2 aliphatic rings. The van der Waals surface area contributed by atoms with Crippen LogP contribution in [0, 0.1) is 0 Å². The minimum atomic E-state index is -1.12. The fourth-order valence-electron chi connectivity index (χ4n) is 12.1.